The molecule has 5 heteroatoms. The molecule has 2 rings (SSSR count). The van der Waals surface area contributed by atoms with Gasteiger partial charge >= 0.3 is 0 Å². The SMILES string of the molecule is C=CCOc1ccccc1CNc1c(Cl)cc(Cl)cc1Cl. The molecule has 21 heavy (non-hydrogen) atoms. The van der Waals surface area contributed by atoms with Crippen molar-refractivity contribution in [1.82, 2.24) is 0 Å². The normalized spacial score (nSPS) is 10.2. The molecule has 1 N–H and O–H groups in total. The van der Waals surface area contributed by atoms with Crippen LogP contribution < -0.4 is 10.1 Å². The Balaban J connectivity index is 2.15. The van der Waals surface area contributed by atoms with Gasteiger partial charge in [0.15, 0.2) is 0 Å². The van der Waals surface area contributed by atoms with E-state index in [1.165, 1.54) is 0 Å². The number of hydrogen-bond donors (Lipinski definition) is 1. The van der Waals surface area contributed by atoms with E-state index in [4.69, 9.17) is 39.5 Å². The molecule has 2 nitrogen and oxygen atoms in total. The lowest BCUT2D eigenvalue weighted by molar-refractivity contribution is 0.359. The van der Waals surface area contributed by atoms with Crippen molar-refractivity contribution in [3.8, 4) is 5.75 Å². The van der Waals surface area contributed by atoms with Crippen LogP contribution in [-0.4, -0.2) is 6.61 Å². The molecule has 0 spiro atoms. The molecule has 0 aliphatic rings. The minimum absolute atomic E-state index is 0.458. The van der Waals surface area contributed by atoms with Crippen molar-refractivity contribution in [2.24, 2.45) is 0 Å². The van der Waals surface area contributed by atoms with Gasteiger partial charge in [-0.05, 0) is 18.2 Å². The fraction of sp³-hybridized carbons (Fsp3) is 0.125. The predicted molar refractivity (Wildman–Crippen MR) is 90.9 cm³/mol. The molecule has 110 valence electrons. The zero-order chi connectivity index (χ0) is 15.2. The molecule has 0 fully saturated rings. The molecule has 0 unspecified atom stereocenters. The molecule has 0 bridgehead atoms. The van der Waals surface area contributed by atoms with Crippen molar-refractivity contribution in [2.45, 2.75) is 6.54 Å². The zero-order valence-electron chi connectivity index (χ0n) is 11.2. The van der Waals surface area contributed by atoms with E-state index in [9.17, 15) is 0 Å². The van der Waals surface area contributed by atoms with Crippen molar-refractivity contribution in [1.29, 1.82) is 0 Å². The Morgan fingerprint density at radius 3 is 2.43 bits per heavy atom. The highest BCUT2D eigenvalue weighted by Crippen LogP contribution is 2.34. The Morgan fingerprint density at radius 2 is 1.76 bits per heavy atom. The Kier molecular flexibility index (Phi) is 5.80. The van der Waals surface area contributed by atoms with Crippen LogP contribution in [0.25, 0.3) is 0 Å². The highest BCUT2D eigenvalue weighted by atomic mass is 35.5. The Morgan fingerprint density at radius 1 is 1.10 bits per heavy atom. The summed E-state index contributed by atoms with van der Waals surface area (Å²) in [5.41, 5.74) is 1.66. The fourth-order valence-corrected chi connectivity index (χ4v) is 2.78. The largest absolute Gasteiger partial charge is 0.489 e. The summed E-state index contributed by atoms with van der Waals surface area (Å²) < 4.78 is 5.61. The van der Waals surface area contributed by atoms with Crippen molar-refractivity contribution in [3.05, 3.63) is 69.7 Å². The van der Waals surface area contributed by atoms with E-state index >= 15 is 0 Å². The molecule has 0 saturated carbocycles. The lowest BCUT2D eigenvalue weighted by Gasteiger charge is -2.14. The number of halogens is 3. The molecule has 0 atom stereocenters. The van der Waals surface area contributed by atoms with Gasteiger partial charge in [-0.2, -0.15) is 0 Å². The number of ether oxygens (including phenoxy) is 1. The number of para-hydroxylation sites is 1. The maximum Gasteiger partial charge on any atom is 0.124 e. The summed E-state index contributed by atoms with van der Waals surface area (Å²) in [6.07, 6.45) is 1.71. The number of rotatable bonds is 6. The van der Waals surface area contributed by atoms with Crippen LogP contribution in [0, 0.1) is 0 Å². The Labute approximate surface area is 139 Å². The first kappa shape index (κ1) is 16.0. The van der Waals surface area contributed by atoms with Gasteiger partial charge in [0.25, 0.3) is 0 Å². The van der Waals surface area contributed by atoms with Crippen molar-refractivity contribution < 1.29 is 4.74 Å². The molecule has 0 aliphatic heterocycles. The maximum absolute atomic E-state index is 6.15. The highest BCUT2D eigenvalue weighted by molar-refractivity contribution is 6.41. The van der Waals surface area contributed by atoms with Gasteiger partial charge in [0.2, 0.25) is 0 Å². The van der Waals surface area contributed by atoms with Gasteiger partial charge in [-0.15, -0.1) is 0 Å². The molecule has 2 aromatic rings. The zero-order valence-corrected chi connectivity index (χ0v) is 13.5. The van der Waals surface area contributed by atoms with Gasteiger partial charge in [-0.3, -0.25) is 0 Å². The first-order chi connectivity index (χ1) is 10.1. The topological polar surface area (TPSA) is 21.3 Å². The fourth-order valence-electron chi connectivity index (χ4n) is 1.83. The Hall–Kier alpha value is -1.35. The second kappa shape index (κ2) is 7.60. The first-order valence-corrected chi connectivity index (χ1v) is 7.45. The van der Waals surface area contributed by atoms with Crippen LogP contribution in [0.4, 0.5) is 5.69 Å². The first-order valence-electron chi connectivity index (χ1n) is 6.32. The Bertz CT molecular complexity index is 620. The molecule has 0 aromatic heterocycles. The standard InChI is InChI=1S/C16H14Cl3NO/c1-2-7-21-15-6-4-3-5-11(15)10-20-16-13(18)8-12(17)9-14(16)19/h2-6,8-9,20H,1,7,10H2. The molecule has 0 heterocycles. The van der Waals surface area contributed by atoms with E-state index in [2.05, 4.69) is 11.9 Å². The molecular formula is C16H14Cl3NO. The average Bonchev–Trinajstić information content (AvgIpc) is 2.45. The molecule has 0 radical (unpaired) electrons. The number of anilines is 1. The summed E-state index contributed by atoms with van der Waals surface area (Å²) in [6.45, 7) is 4.64. The van der Waals surface area contributed by atoms with Crippen molar-refractivity contribution in [2.75, 3.05) is 11.9 Å². The van der Waals surface area contributed by atoms with Gasteiger partial charge in [0, 0.05) is 17.1 Å². The molecule has 0 aliphatic carbocycles. The van der Waals surface area contributed by atoms with Gasteiger partial charge in [0.05, 0.1) is 15.7 Å². The summed E-state index contributed by atoms with van der Waals surface area (Å²) >= 11 is 18.2. The van der Waals surface area contributed by atoms with Crippen LogP contribution in [-0.2, 0) is 6.54 Å². The molecular weight excluding hydrogens is 329 g/mol. The molecule has 2 aromatic carbocycles. The molecule has 0 amide bonds. The lowest BCUT2D eigenvalue weighted by atomic mass is 10.2. The third-order valence-electron chi connectivity index (χ3n) is 2.79. The number of hydrogen-bond acceptors (Lipinski definition) is 2. The van der Waals surface area contributed by atoms with Crippen LogP contribution >= 0.6 is 34.8 Å². The number of benzene rings is 2. The van der Waals surface area contributed by atoms with Crippen LogP contribution in [0.3, 0.4) is 0 Å². The van der Waals surface area contributed by atoms with E-state index in [1.807, 2.05) is 24.3 Å². The van der Waals surface area contributed by atoms with Crippen molar-refractivity contribution in [3.63, 3.8) is 0 Å². The average molecular weight is 343 g/mol. The quantitative estimate of drug-likeness (QED) is 0.667. The second-order valence-corrected chi connectivity index (χ2v) is 5.56. The lowest BCUT2D eigenvalue weighted by Crippen LogP contribution is -2.04. The summed E-state index contributed by atoms with van der Waals surface area (Å²) in [6, 6.07) is 11.1. The van der Waals surface area contributed by atoms with Gasteiger partial charge in [0.1, 0.15) is 12.4 Å². The van der Waals surface area contributed by atoms with Crippen LogP contribution in [0.5, 0.6) is 5.75 Å². The van der Waals surface area contributed by atoms with E-state index in [0.29, 0.717) is 33.9 Å². The third kappa shape index (κ3) is 4.31. The molecule has 0 saturated heterocycles. The van der Waals surface area contributed by atoms with Crippen LogP contribution in [0.2, 0.25) is 15.1 Å². The van der Waals surface area contributed by atoms with Gasteiger partial charge in [-0.1, -0.05) is 65.7 Å². The second-order valence-electron chi connectivity index (χ2n) is 4.31. The summed E-state index contributed by atoms with van der Waals surface area (Å²) in [5, 5.41) is 4.68. The van der Waals surface area contributed by atoms with E-state index < -0.39 is 0 Å². The third-order valence-corrected chi connectivity index (χ3v) is 3.61. The maximum atomic E-state index is 6.15. The van der Waals surface area contributed by atoms with E-state index in [0.717, 1.165) is 11.3 Å². The van der Waals surface area contributed by atoms with E-state index in [-0.39, 0.29) is 0 Å². The monoisotopic (exact) mass is 341 g/mol. The van der Waals surface area contributed by atoms with Gasteiger partial charge < -0.3 is 10.1 Å². The van der Waals surface area contributed by atoms with Crippen molar-refractivity contribution >= 4 is 40.5 Å². The van der Waals surface area contributed by atoms with Crippen LogP contribution in [0.1, 0.15) is 5.56 Å². The number of nitrogens with one attached hydrogen (secondary N) is 1. The van der Waals surface area contributed by atoms with Gasteiger partial charge in [-0.25, -0.2) is 0 Å². The summed E-state index contributed by atoms with van der Waals surface area (Å²) in [5.74, 6) is 0.797. The van der Waals surface area contributed by atoms with Crippen LogP contribution in [0.15, 0.2) is 49.1 Å². The van der Waals surface area contributed by atoms with E-state index in [1.54, 1.807) is 18.2 Å². The predicted octanol–water partition coefficient (Wildman–Crippen LogP) is 5.82. The minimum Gasteiger partial charge on any atom is -0.489 e. The summed E-state index contributed by atoms with van der Waals surface area (Å²) in [7, 11) is 0. The highest BCUT2D eigenvalue weighted by Gasteiger charge is 2.09. The smallest absolute Gasteiger partial charge is 0.124 e. The summed E-state index contributed by atoms with van der Waals surface area (Å²) in [4.78, 5) is 0. The minimum atomic E-state index is 0.458.